The quantitative estimate of drug-likeness (QED) is 0.601. The van der Waals surface area contributed by atoms with E-state index < -0.39 is 27.4 Å². The van der Waals surface area contributed by atoms with Gasteiger partial charge in [0, 0.05) is 0 Å². The highest BCUT2D eigenvalue weighted by atomic mass is 35.5. The van der Waals surface area contributed by atoms with E-state index in [1.807, 2.05) is 39.0 Å². The minimum atomic E-state index is -3.95. The second kappa shape index (κ2) is 8.20. The molecule has 5 nitrogen and oxygen atoms in total. The zero-order chi connectivity index (χ0) is 19.5. The number of benzene rings is 2. The van der Waals surface area contributed by atoms with Gasteiger partial charge in [-0.05, 0) is 49.6 Å². The van der Waals surface area contributed by atoms with E-state index in [0.717, 1.165) is 16.7 Å². The van der Waals surface area contributed by atoms with Gasteiger partial charge in [0.15, 0.2) is 0 Å². The number of halogens is 1. The summed E-state index contributed by atoms with van der Waals surface area (Å²) in [5.74, 6) is -0.747. The first kappa shape index (κ1) is 20.4. The molecule has 26 heavy (non-hydrogen) atoms. The lowest BCUT2D eigenvalue weighted by molar-refractivity contribution is -0.142. The van der Waals surface area contributed by atoms with Crippen LogP contribution < -0.4 is 4.72 Å². The molecule has 0 heterocycles. The van der Waals surface area contributed by atoms with Gasteiger partial charge in [-0.25, -0.2) is 8.42 Å². The number of hydrogen-bond donors (Lipinski definition) is 1. The fraction of sp³-hybridized carbons (Fsp3) is 0.316. The van der Waals surface area contributed by atoms with Crippen LogP contribution in [0.3, 0.4) is 0 Å². The smallest absolute Gasteiger partial charge is 0.325 e. The van der Waals surface area contributed by atoms with Gasteiger partial charge in [0.25, 0.3) is 0 Å². The van der Waals surface area contributed by atoms with Crippen molar-refractivity contribution in [3.05, 3.63) is 64.7 Å². The van der Waals surface area contributed by atoms with E-state index in [9.17, 15) is 13.2 Å². The first-order valence-electron chi connectivity index (χ1n) is 8.04. The minimum absolute atomic E-state index is 0.0578. The van der Waals surface area contributed by atoms with Crippen LogP contribution in [-0.2, 0) is 19.6 Å². The summed E-state index contributed by atoms with van der Waals surface area (Å²) < 4.78 is 32.6. The Kier molecular flexibility index (Phi) is 6.44. The predicted octanol–water partition coefficient (Wildman–Crippen LogP) is 3.41. The van der Waals surface area contributed by atoms with Gasteiger partial charge in [0.1, 0.15) is 6.04 Å². The van der Waals surface area contributed by atoms with Crippen molar-refractivity contribution in [1.29, 1.82) is 0 Å². The van der Waals surface area contributed by atoms with E-state index in [1.165, 1.54) is 19.2 Å². The highest BCUT2D eigenvalue weighted by molar-refractivity contribution is 7.89. The molecule has 0 bridgehead atoms. The van der Waals surface area contributed by atoms with Crippen LogP contribution in [0.1, 0.15) is 27.6 Å². The van der Waals surface area contributed by atoms with Crippen molar-refractivity contribution in [2.75, 3.05) is 7.11 Å². The summed E-state index contributed by atoms with van der Waals surface area (Å²) in [7, 11) is -2.75. The Balaban J connectivity index is 2.42. The first-order chi connectivity index (χ1) is 12.2. The lowest BCUT2D eigenvalue weighted by atomic mass is 9.96. The third-order valence-electron chi connectivity index (χ3n) is 4.18. The maximum atomic E-state index is 12.7. The molecule has 0 saturated heterocycles. The molecule has 0 aromatic heterocycles. The third kappa shape index (κ3) is 4.44. The minimum Gasteiger partial charge on any atom is -0.468 e. The maximum absolute atomic E-state index is 12.7. The molecule has 0 saturated carbocycles. The second-order valence-corrected chi connectivity index (χ2v) is 8.33. The van der Waals surface area contributed by atoms with Gasteiger partial charge in [-0.3, -0.25) is 4.79 Å². The lowest BCUT2D eigenvalue weighted by Crippen LogP contribution is -2.44. The summed E-state index contributed by atoms with van der Waals surface area (Å²) in [6.45, 7) is 5.58. The van der Waals surface area contributed by atoms with Crippen molar-refractivity contribution in [2.24, 2.45) is 0 Å². The second-order valence-electron chi connectivity index (χ2n) is 6.14. The molecule has 0 spiro atoms. The molecule has 140 valence electrons. The maximum Gasteiger partial charge on any atom is 0.325 e. The van der Waals surface area contributed by atoms with Crippen molar-refractivity contribution in [3.8, 4) is 0 Å². The largest absolute Gasteiger partial charge is 0.468 e. The van der Waals surface area contributed by atoms with E-state index in [1.54, 1.807) is 12.1 Å². The number of hydrogen-bond acceptors (Lipinski definition) is 4. The summed E-state index contributed by atoms with van der Waals surface area (Å²) in [6.07, 6.45) is 0. The van der Waals surface area contributed by atoms with Crippen LogP contribution in [0.5, 0.6) is 0 Å². The fourth-order valence-electron chi connectivity index (χ4n) is 2.74. The Labute approximate surface area is 159 Å². The van der Waals surface area contributed by atoms with Crippen LogP contribution in [0.25, 0.3) is 0 Å². The number of rotatable bonds is 6. The zero-order valence-corrected chi connectivity index (χ0v) is 16.7. The summed E-state index contributed by atoms with van der Waals surface area (Å²) in [6, 6.07) is 10.7. The molecule has 2 aromatic carbocycles. The highest BCUT2D eigenvalue weighted by Crippen LogP contribution is 2.31. The molecule has 0 aliphatic heterocycles. The molecule has 0 unspecified atom stereocenters. The molecular weight excluding hydrogens is 374 g/mol. The number of carbonyl (C=O) groups is 1. The Bertz CT molecular complexity index is 874. The molecule has 0 amide bonds. The van der Waals surface area contributed by atoms with Crippen LogP contribution in [-0.4, -0.2) is 27.5 Å². The van der Waals surface area contributed by atoms with E-state index in [0.29, 0.717) is 5.56 Å². The van der Waals surface area contributed by atoms with Gasteiger partial charge < -0.3 is 4.74 Å². The van der Waals surface area contributed by atoms with Crippen molar-refractivity contribution in [2.45, 2.75) is 37.1 Å². The van der Waals surface area contributed by atoms with Gasteiger partial charge >= 0.3 is 5.97 Å². The normalized spacial score (nSPS) is 13.9. The molecule has 0 aliphatic carbocycles. The van der Waals surface area contributed by atoms with Gasteiger partial charge in [0.05, 0.1) is 17.4 Å². The standard InChI is InChI=1S/C19H22ClNO4S/c1-12-8-10-15(11-9-12)26(23,24)21-18(19(22)25-4)17(20)16-13(2)6-5-7-14(16)3/h5-11,17-18,21H,1-4H3/t17-,18-/m1/s1. The van der Waals surface area contributed by atoms with E-state index in [-0.39, 0.29) is 4.90 Å². The third-order valence-corrected chi connectivity index (χ3v) is 6.11. The average molecular weight is 396 g/mol. The molecule has 0 fully saturated rings. The number of alkyl halides is 1. The van der Waals surface area contributed by atoms with Crippen molar-refractivity contribution in [1.82, 2.24) is 4.72 Å². The molecule has 7 heteroatoms. The Morgan fingerprint density at radius 1 is 1.04 bits per heavy atom. The lowest BCUT2D eigenvalue weighted by Gasteiger charge is -2.24. The Morgan fingerprint density at radius 2 is 1.58 bits per heavy atom. The Hall–Kier alpha value is -1.89. The molecule has 2 atom stereocenters. The monoisotopic (exact) mass is 395 g/mol. The number of carbonyl (C=O) groups excluding carboxylic acids is 1. The zero-order valence-electron chi connectivity index (χ0n) is 15.1. The number of aryl methyl sites for hydroxylation is 3. The van der Waals surface area contributed by atoms with Gasteiger partial charge in [-0.1, -0.05) is 35.9 Å². The summed E-state index contributed by atoms with van der Waals surface area (Å²) in [5.41, 5.74) is 3.37. The molecule has 1 N–H and O–H groups in total. The highest BCUT2D eigenvalue weighted by Gasteiger charge is 2.35. The number of methoxy groups -OCH3 is 1. The van der Waals surface area contributed by atoms with Crippen LogP contribution in [0.4, 0.5) is 0 Å². The van der Waals surface area contributed by atoms with Gasteiger partial charge in [0.2, 0.25) is 10.0 Å². The fourth-order valence-corrected chi connectivity index (χ4v) is 4.52. The van der Waals surface area contributed by atoms with Crippen molar-refractivity contribution >= 4 is 27.6 Å². The average Bonchev–Trinajstić information content (AvgIpc) is 2.59. The number of esters is 1. The van der Waals surface area contributed by atoms with Crippen molar-refractivity contribution < 1.29 is 17.9 Å². The number of nitrogens with one attached hydrogen (secondary N) is 1. The van der Waals surface area contributed by atoms with Crippen LogP contribution in [0.15, 0.2) is 47.4 Å². The Morgan fingerprint density at radius 3 is 2.08 bits per heavy atom. The van der Waals surface area contributed by atoms with Crippen LogP contribution >= 0.6 is 11.6 Å². The van der Waals surface area contributed by atoms with E-state index >= 15 is 0 Å². The molecular formula is C19H22ClNO4S. The summed E-state index contributed by atoms with van der Waals surface area (Å²) >= 11 is 6.55. The van der Waals surface area contributed by atoms with Crippen LogP contribution in [0.2, 0.25) is 0 Å². The predicted molar refractivity (Wildman–Crippen MR) is 102 cm³/mol. The topological polar surface area (TPSA) is 72.5 Å². The molecule has 2 aromatic rings. The van der Waals surface area contributed by atoms with Crippen molar-refractivity contribution in [3.63, 3.8) is 0 Å². The van der Waals surface area contributed by atoms with Crippen LogP contribution in [0, 0.1) is 20.8 Å². The van der Waals surface area contributed by atoms with E-state index in [4.69, 9.17) is 16.3 Å². The first-order valence-corrected chi connectivity index (χ1v) is 9.96. The molecule has 2 rings (SSSR count). The van der Waals surface area contributed by atoms with E-state index in [2.05, 4.69) is 4.72 Å². The molecule has 0 radical (unpaired) electrons. The number of sulfonamides is 1. The SMILES string of the molecule is COC(=O)[C@H](NS(=O)(=O)c1ccc(C)cc1)[C@H](Cl)c1c(C)cccc1C. The van der Waals surface area contributed by atoms with Gasteiger partial charge in [-0.2, -0.15) is 4.72 Å². The summed E-state index contributed by atoms with van der Waals surface area (Å²) in [5, 5.41) is -0.913. The molecule has 0 aliphatic rings. The number of ether oxygens (including phenoxy) is 1. The van der Waals surface area contributed by atoms with Gasteiger partial charge in [-0.15, -0.1) is 11.6 Å². The summed E-state index contributed by atoms with van der Waals surface area (Å²) in [4.78, 5) is 12.3.